The molecule has 0 amide bonds. The van der Waals surface area contributed by atoms with Crippen LogP contribution < -0.4 is 0 Å². The van der Waals surface area contributed by atoms with Crippen molar-refractivity contribution in [1.29, 1.82) is 0 Å². The molecule has 1 aromatic rings. The summed E-state index contributed by atoms with van der Waals surface area (Å²) in [6, 6.07) is 7.46. The molecule has 3 rings (SSSR count). The molecule has 4 atom stereocenters. The van der Waals surface area contributed by atoms with Crippen molar-refractivity contribution in [1.82, 2.24) is 4.90 Å². The zero-order chi connectivity index (χ0) is 15.0. The van der Waals surface area contributed by atoms with Gasteiger partial charge in [-0.05, 0) is 56.8 Å². The van der Waals surface area contributed by atoms with Crippen molar-refractivity contribution in [3.8, 4) is 0 Å². The predicted octanol–water partition coefficient (Wildman–Crippen LogP) is 4.60. The Balaban J connectivity index is 1.88. The molecular weight excluding hydrogens is 305 g/mol. The first-order valence-corrected chi connectivity index (χ1v) is 8.62. The lowest BCUT2D eigenvalue weighted by Crippen LogP contribution is -2.47. The fourth-order valence-electron chi connectivity index (χ4n) is 4.18. The number of halogens is 2. The van der Waals surface area contributed by atoms with Crippen LogP contribution in [0, 0.1) is 5.92 Å². The fraction of sp³-hybridized carbons (Fsp3) is 0.647. The third kappa shape index (κ3) is 2.96. The highest BCUT2D eigenvalue weighted by Gasteiger charge is 2.45. The predicted molar refractivity (Wildman–Crippen MR) is 88.4 cm³/mol. The summed E-state index contributed by atoms with van der Waals surface area (Å²) in [6.45, 7) is 3.69. The molecule has 2 nitrogen and oxygen atoms in total. The Bertz CT molecular complexity index is 508. The molecule has 21 heavy (non-hydrogen) atoms. The average Bonchev–Trinajstić information content (AvgIpc) is 2.72. The first-order chi connectivity index (χ1) is 10.1. The minimum absolute atomic E-state index is 0.528. The topological polar surface area (TPSA) is 12.5 Å². The number of nitrogens with zero attached hydrogens (tertiary/aromatic N) is 1. The van der Waals surface area contributed by atoms with Crippen molar-refractivity contribution in [3.63, 3.8) is 0 Å². The zero-order valence-corrected chi connectivity index (χ0v) is 14.2. The van der Waals surface area contributed by atoms with Crippen molar-refractivity contribution in [2.45, 2.75) is 44.2 Å². The number of hydrogen-bond acceptors (Lipinski definition) is 2. The van der Waals surface area contributed by atoms with E-state index < -0.39 is 0 Å². The van der Waals surface area contributed by atoms with E-state index in [1.807, 2.05) is 6.07 Å². The van der Waals surface area contributed by atoms with Crippen LogP contribution in [0.4, 0.5) is 0 Å². The standard InChI is InChI=1S/C17H23Cl2NO/c1-3-21-10-14-13(9-12-5-7-17(14)20(12)2)11-4-6-15(18)16(19)8-11/h4,6,8,12-14,17H,3,5,7,9-10H2,1-2H3/t12-,13-,14-,17+/m0/s1. The second-order valence-electron chi connectivity index (χ2n) is 6.30. The molecule has 2 aliphatic heterocycles. The van der Waals surface area contributed by atoms with Crippen LogP contribution in [0.15, 0.2) is 18.2 Å². The summed E-state index contributed by atoms with van der Waals surface area (Å²) in [5.41, 5.74) is 1.32. The Labute approximate surface area is 137 Å². The van der Waals surface area contributed by atoms with Crippen LogP contribution in [0.1, 0.15) is 37.7 Å². The van der Waals surface area contributed by atoms with Crippen LogP contribution in [-0.2, 0) is 4.74 Å². The molecule has 0 radical (unpaired) electrons. The number of benzene rings is 1. The van der Waals surface area contributed by atoms with Gasteiger partial charge in [-0.15, -0.1) is 0 Å². The summed E-state index contributed by atoms with van der Waals surface area (Å²) in [5, 5.41) is 1.30. The molecule has 2 saturated heterocycles. The number of fused-ring (bicyclic) bond motifs is 2. The lowest BCUT2D eigenvalue weighted by atomic mass is 9.76. The maximum absolute atomic E-state index is 6.23. The van der Waals surface area contributed by atoms with Gasteiger partial charge in [0.1, 0.15) is 0 Å². The maximum Gasteiger partial charge on any atom is 0.0595 e. The van der Waals surface area contributed by atoms with Crippen LogP contribution in [-0.4, -0.2) is 37.2 Å². The molecule has 0 saturated carbocycles. The van der Waals surface area contributed by atoms with Crippen LogP contribution in [0.25, 0.3) is 0 Å². The van der Waals surface area contributed by atoms with Gasteiger partial charge in [-0.3, -0.25) is 0 Å². The van der Waals surface area contributed by atoms with E-state index in [0.717, 1.165) is 13.2 Å². The van der Waals surface area contributed by atoms with E-state index in [4.69, 9.17) is 27.9 Å². The minimum atomic E-state index is 0.528. The lowest BCUT2D eigenvalue weighted by Gasteiger charge is -2.43. The largest absolute Gasteiger partial charge is 0.381 e. The first-order valence-electron chi connectivity index (χ1n) is 7.86. The van der Waals surface area contributed by atoms with E-state index in [-0.39, 0.29) is 0 Å². The molecule has 2 aliphatic rings. The van der Waals surface area contributed by atoms with Crippen molar-refractivity contribution in [2.75, 3.05) is 20.3 Å². The van der Waals surface area contributed by atoms with Gasteiger partial charge in [0.15, 0.2) is 0 Å². The van der Waals surface area contributed by atoms with E-state index in [2.05, 4.69) is 31.0 Å². The summed E-state index contributed by atoms with van der Waals surface area (Å²) < 4.78 is 5.79. The SMILES string of the molecule is CCOC[C@@H]1[C@H]2CC[C@@H](C[C@H]1c1ccc(Cl)c(Cl)c1)N2C. The first kappa shape index (κ1) is 15.6. The molecule has 2 fully saturated rings. The highest BCUT2D eigenvalue weighted by atomic mass is 35.5. The van der Waals surface area contributed by atoms with Gasteiger partial charge < -0.3 is 9.64 Å². The van der Waals surface area contributed by atoms with Gasteiger partial charge >= 0.3 is 0 Å². The van der Waals surface area contributed by atoms with Gasteiger partial charge in [0.25, 0.3) is 0 Å². The van der Waals surface area contributed by atoms with E-state index in [1.54, 1.807) is 0 Å². The van der Waals surface area contributed by atoms with E-state index in [1.165, 1.54) is 24.8 Å². The summed E-state index contributed by atoms with van der Waals surface area (Å²) >= 11 is 12.3. The minimum Gasteiger partial charge on any atom is -0.381 e. The zero-order valence-electron chi connectivity index (χ0n) is 12.7. The maximum atomic E-state index is 6.23. The molecule has 0 spiro atoms. The lowest BCUT2D eigenvalue weighted by molar-refractivity contribution is 0.0253. The third-order valence-corrected chi connectivity index (χ3v) is 6.06. The Morgan fingerprint density at radius 1 is 1.24 bits per heavy atom. The van der Waals surface area contributed by atoms with Gasteiger partial charge in [-0.1, -0.05) is 29.3 Å². The van der Waals surface area contributed by atoms with Crippen LogP contribution >= 0.6 is 23.2 Å². The van der Waals surface area contributed by atoms with Crippen molar-refractivity contribution in [2.24, 2.45) is 5.92 Å². The third-order valence-electron chi connectivity index (χ3n) is 5.32. The molecule has 1 aromatic carbocycles. The quantitative estimate of drug-likeness (QED) is 0.801. The van der Waals surface area contributed by atoms with Crippen LogP contribution in [0.2, 0.25) is 10.0 Å². The van der Waals surface area contributed by atoms with Gasteiger partial charge in [0.2, 0.25) is 0 Å². The molecule has 116 valence electrons. The Morgan fingerprint density at radius 2 is 2.05 bits per heavy atom. The number of ether oxygens (including phenoxy) is 1. The molecule has 0 aromatic heterocycles. The average molecular weight is 328 g/mol. The smallest absolute Gasteiger partial charge is 0.0595 e. The Kier molecular flexibility index (Phi) is 4.80. The summed E-state index contributed by atoms with van der Waals surface area (Å²) in [5.74, 6) is 1.07. The molecule has 2 bridgehead atoms. The van der Waals surface area contributed by atoms with Crippen molar-refractivity contribution in [3.05, 3.63) is 33.8 Å². The normalized spacial score (nSPS) is 32.6. The summed E-state index contributed by atoms with van der Waals surface area (Å²) in [7, 11) is 2.27. The van der Waals surface area contributed by atoms with E-state index in [0.29, 0.717) is 34.0 Å². The Morgan fingerprint density at radius 3 is 2.76 bits per heavy atom. The van der Waals surface area contributed by atoms with Crippen LogP contribution in [0.3, 0.4) is 0 Å². The number of piperidine rings is 1. The molecule has 0 aliphatic carbocycles. The molecular formula is C17H23Cl2NO. The van der Waals surface area contributed by atoms with Gasteiger partial charge in [-0.2, -0.15) is 0 Å². The molecule has 4 heteroatoms. The van der Waals surface area contributed by atoms with E-state index in [9.17, 15) is 0 Å². The van der Waals surface area contributed by atoms with Gasteiger partial charge in [0.05, 0.1) is 16.7 Å². The van der Waals surface area contributed by atoms with E-state index >= 15 is 0 Å². The summed E-state index contributed by atoms with van der Waals surface area (Å²) in [6.07, 6.45) is 3.79. The number of rotatable bonds is 4. The highest BCUT2D eigenvalue weighted by molar-refractivity contribution is 6.42. The van der Waals surface area contributed by atoms with Crippen molar-refractivity contribution >= 4 is 23.2 Å². The van der Waals surface area contributed by atoms with Crippen molar-refractivity contribution < 1.29 is 4.74 Å². The van der Waals surface area contributed by atoms with Gasteiger partial charge in [0, 0.05) is 24.6 Å². The summed E-state index contributed by atoms with van der Waals surface area (Å²) in [4.78, 5) is 2.57. The second kappa shape index (κ2) is 6.45. The Hall–Kier alpha value is -0.280. The number of hydrogen-bond donors (Lipinski definition) is 0. The molecule has 0 unspecified atom stereocenters. The van der Waals surface area contributed by atoms with Gasteiger partial charge in [-0.25, -0.2) is 0 Å². The highest BCUT2D eigenvalue weighted by Crippen LogP contribution is 2.46. The monoisotopic (exact) mass is 327 g/mol. The van der Waals surface area contributed by atoms with Crippen LogP contribution in [0.5, 0.6) is 0 Å². The second-order valence-corrected chi connectivity index (χ2v) is 7.12. The molecule has 0 N–H and O–H groups in total. The fourth-order valence-corrected chi connectivity index (χ4v) is 4.49. The molecule has 2 heterocycles.